The van der Waals surface area contributed by atoms with Gasteiger partial charge in [0, 0.05) is 14.2 Å². The lowest BCUT2D eigenvalue weighted by molar-refractivity contribution is -0.137. The minimum Gasteiger partial charge on any atom is -0.400 e. The summed E-state index contributed by atoms with van der Waals surface area (Å²) in [6.45, 7) is 0. The molecule has 1 aromatic carbocycles. The second kappa shape index (κ2) is 6.18. The van der Waals surface area contributed by atoms with Crippen molar-refractivity contribution in [2.75, 3.05) is 14.2 Å². The fraction of sp³-hybridized carbons (Fsp3) is 0.455. The Hall–Kier alpha value is -0.853. The van der Waals surface area contributed by atoms with E-state index in [1.165, 1.54) is 12.1 Å². The molecule has 0 heterocycles. The van der Waals surface area contributed by atoms with Crippen LogP contribution in [0, 0.1) is 0 Å². The van der Waals surface area contributed by atoms with Gasteiger partial charge in [0.05, 0.1) is 5.56 Å². The predicted octanol–water partition coefficient (Wildman–Crippen LogP) is 2.76. The number of alkyl halides is 3. The highest BCUT2D eigenvalue weighted by molar-refractivity contribution is 6.44. The van der Waals surface area contributed by atoms with Crippen molar-refractivity contribution in [3.63, 3.8) is 0 Å². The number of benzene rings is 1. The lowest BCUT2D eigenvalue weighted by Crippen LogP contribution is -2.19. The Balaban J connectivity index is 2.57. The highest BCUT2D eigenvalue weighted by Crippen LogP contribution is 2.29. The number of hydrogen-bond acceptors (Lipinski definition) is 2. The van der Waals surface area contributed by atoms with E-state index in [2.05, 4.69) is 0 Å². The molecular weight excluding hydrogens is 249 g/mol. The molecule has 0 fully saturated rings. The zero-order valence-electron chi connectivity index (χ0n) is 9.75. The first-order valence-corrected chi connectivity index (χ1v) is 6.95. The number of halogens is 3. The van der Waals surface area contributed by atoms with Gasteiger partial charge in [-0.1, -0.05) is 12.1 Å². The molecule has 0 radical (unpaired) electrons. The fourth-order valence-corrected chi connectivity index (χ4v) is 2.71. The predicted molar refractivity (Wildman–Crippen MR) is 61.1 cm³/mol. The average molecular weight is 264 g/mol. The first-order valence-electron chi connectivity index (χ1n) is 5.19. The molecule has 0 amide bonds. The van der Waals surface area contributed by atoms with E-state index in [0.29, 0.717) is 6.42 Å². The van der Waals surface area contributed by atoms with Gasteiger partial charge in [-0.3, -0.25) is 0 Å². The van der Waals surface area contributed by atoms with Crippen LogP contribution in [0.15, 0.2) is 24.3 Å². The number of aryl methyl sites for hydroxylation is 1. The molecule has 0 atom stereocenters. The van der Waals surface area contributed by atoms with Crippen molar-refractivity contribution >= 4 is 9.28 Å². The first-order chi connectivity index (χ1) is 7.97. The molecule has 0 unspecified atom stereocenters. The maximum atomic E-state index is 12.3. The van der Waals surface area contributed by atoms with Crippen LogP contribution in [0.2, 0.25) is 6.04 Å². The van der Waals surface area contributed by atoms with Gasteiger partial charge in [-0.2, -0.15) is 13.2 Å². The zero-order chi connectivity index (χ0) is 12.9. The van der Waals surface area contributed by atoms with Crippen LogP contribution in [-0.4, -0.2) is 23.5 Å². The second-order valence-corrected chi connectivity index (χ2v) is 6.01. The van der Waals surface area contributed by atoms with Crippen molar-refractivity contribution in [2.24, 2.45) is 0 Å². The van der Waals surface area contributed by atoms with Crippen molar-refractivity contribution in [3.05, 3.63) is 35.4 Å². The molecule has 1 aromatic rings. The Kier molecular flexibility index (Phi) is 5.17. The Morgan fingerprint density at radius 1 is 1.06 bits per heavy atom. The standard InChI is InChI=1S/C11H15F3O2Si/c1-15-17(16-2)8-7-9-3-5-10(6-4-9)11(12,13)14/h3-6,17H,7-8H2,1-2H3. The summed E-state index contributed by atoms with van der Waals surface area (Å²) in [7, 11) is 1.55. The normalized spacial score (nSPS) is 12.1. The molecule has 1 rings (SSSR count). The summed E-state index contributed by atoms with van der Waals surface area (Å²) in [6, 6.07) is 5.95. The van der Waals surface area contributed by atoms with Gasteiger partial charge >= 0.3 is 15.5 Å². The van der Waals surface area contributed by atoms with Crippen LogP contribution in [0.1, 0.15) is 11.1 Å². The van der Waals surface area contributed by atoms with Gasteiger partial charge in [0.1, 0.15) is 0 Å². The van der Waals surface area contributed by atoms with Crippen LogP contribution in [0.4, 0.5) is 13.2 Å². The summed E-state index contributed by atoms with van der Waals surface area (Å²) < 4.78 is 47.2. The molecule has 0 aromatic heterocycles. The third-order valence-electron chi connectivity index (χ3n) is 2.48. The molecule has 0 aliphatic carbocycles. The Labute approximate surface area is 100 Å². The van der Waals surface area contributed by atoms with Gasteiger partial charge in [0.15, 0.2) is 0 Å². The Morgan fingerprint density at radius 2 is 1.59 bits per heavy atom. The maximum Gasteiger partial charge on any atom is 0.416 e. The van der Waals surface area contributed by atoms with Gasteiger partial charge in [-0.15, -0.1) is 0 Å². The molecule has 6 heteroatoms. The Morgan fingerprint density at radius 3 is 2.00 bits per heavy atom. The smallest absolute Gasteiger partial charge is 0.400 e. The summed E-state index contributed by atoms with van der Waals surface area (Å²) in [4.78, 5) is 0. The van der Waals surface area contributed by atoms with Gasteiger partial charge in [0.2, 0.25) is 0 Å². The summed E-state index contributed by atoms with van der Waals surface area (Å²) in [6.07, 6.45) is -3.59. The monoisotopic (exact) mass is 264 g/mol. The Bertz CT molecular complexity index is 334. The lowest BCUT2D eigenvalue weighted by atomic mass is 10.1. The molecule has 0 N–H and O–H groups in total. The summed E-state index contributed by atoms with van der Waals surface area (Å²) in [5, 5.41) is 0. The van der Waals surface area contributed by atoms with Crippen molar-refractivity contribution in [3.8, 4) is 0 Å². The maximum absolute atomic E-state index is 12.3. The van der Waals surface area contributed by atoms with Gasteiger partial charge in [0.25, 0.3) is 0 Å². The first kappa shape index (κ1) is 14.2. The molecule has 2 nitrogen and oxygen atoms in total. The summed E-state index contributed by atoms with van der Waals surface area (Å²) >= 11 is 0. The SMILES string of the molecule is CO[SiH](CCc1ccc(C(F)(F)F)cc1)OC. The molecular formula is C11H15F3O2Si. The quantitative estimate of drug-likeness (QED) is 0.761. The summed E-state index contributed by atoms with van der Waals surface area (Å²) in [5.41, 5.74) is 0.248. The zero-order valence-corrected chi connectivity index (χ0v) is 10.9. The van der Waals surface area contributed by atoms with Crippen molar-refractivity contribution in [1.82, 2.24) is 0 Å². The fourth-order valence-electron chi connectivity index (χ4n) is 1.48. The van der Waals surface area contributed by atoms with E-state index in [-0.39, 0.29) is 0 Å². The van der Waals surface area contributed by atoms with E-state index in [1.807, 2.05) is 0 Å². The average Bonchev–Trinajstić information content (AvgIpc) is 2.30. The second-order valence-electron chi connectivity index (χ2n) is 3.63. The number of rotatable bonds is 5. The van der Waals surface area contributed by atoms with Crippen LogP contribution in [-0.2, 0) is 21.4 Å². The van der Waals surface area contributed by atoms with Crippen LogP contribution < -0.4 is 0 Å². The molecule has 0 aliphatic rings. The van der Waals surface area contributed by atoms with E-state index >= 15 is 0 Å². The lowest BCUT2D eigenvalue weighted by Gasteiger charge is -2.11. The van der Waals surface area contributed by atoms with E-state index in [0.717, 1.165) is 23.7 Å². The molecule has 0 bridgehead atoms. The van der Waals surface area contributed by atoms with Crippen molar-refractivity contribution in [2.45, 2.75) is 18.6 Å². The van der Waals surface area contributed by atoms with Gasteiger partial charge < -0.3 is 8.85 Å². The molecule has 0 saturated heterocycles. The minimum atomic E-state index is -4.27. The van der Waals surface area contributed by atoms with Crippen LogP contribution in [0.3, 0.4) is 0 Å². The van der Waals surface area contributed by atoms with Crippen molar-refractivity contribution in [1.29, 1.82) is 0 Å². The van der Waals surface area contributed by atoms with Gasteiger partial charge in [-0.05, 0) is 30.2 Å². The highest BCUT2D eigenvalue weighted by Gasteiger charge is 2.29. The van der Waals surface area contributed by atoms with Crippen LogP contribution in [0.5, 0.6) is 0 Å². The summed E-state index contributed by atoms with van der Waals surface area (Å²) in [5.74, 6) is 0. The third kappa shape index (κ3) is 4.49. The van der Waals surface area contributed by atoms with E-state index < -0.39 is 21.0 Å². The van der Waals surface area contributed by atoms with Crippen molar-refractivity contribution < 1.29 is 22.0 Å². The van der Waals surface area contributed by atoms with E-state index in [1.54, 1.807) is 14.2 Å². The van der Waals surface area contributed by atoms with E-state index in [4.69, 9.17) is 8.85 Å². The number of hydrogen-bond donors (Lipinski definition) is 0. The molecule has 0 aliphatic heterocycles. The molecule has 17 heavy (non-hydrogen) atoms. The highest BCUT2D eigenvalue weighted by atomic mass is 28.3. The molecule has 0 spiro atoms. The van der Waals surface area contributed by atoms with Crippen LogP contribution in [0.25, 0.3) is 0 Å². The topological polar surface area (TPSA) is 18.5 Å². The third-order valence-corrected chi connectivity index (χ3v) is 4.29. The minimum absolute atomic E-state index is 0.617. The van der Waals surface area contributed by atoms with Crippen LogP contribution >= 0.6 is 0 Å². The molecule has 96 valence electrons. The van der Waals surface area contributed by atoms with E-state index in [9.17, 15) is 13.2 Å². The molecule has 0 saturated carbocycles. The van der Waals surface area contributed by atoms with Gasteiger partial charge in [-0.25, -0.2) is 0 Å². The largest absolute Gasteiger partial charge is 0.416 e.